The topological polar surface area (TPSA) is 0 Å². The molecular weight excluding hydrogens is 565 g/mol. The normalized spacial score (nSPS) is 13.5. The molecule has 0 unspecified atom stereocenters. The maximum Gasteiger partial charge on any atom is -0.0102 e. The van der Waals surface area contributed by atoms with Crippen LogP contribution in [0.4, 0.5) is 0 Å². The Kier molecular flexibility index (Phi) is 8.66. The standard InChI is InChI=1S/C47H60/c1-43(2,3)29-30-16-18-39-31(20-30)23-37(46(10,11)12)27-41(39)32-21-33(25-36(24-32)45(7,8)9)42-28-38(47(13,14)15)26-34-22-35(44(4,5)6)17-19-40(34)42/h16-28H,29H2,1-15H3. The molecule has 0 aliphatic heterocycles. The second-order valence-corrected chi connectivity index (χ2v) is 19.6. The first kappa shape index (κ1) is 34.9. The predicted molar refractivity (Wildman–Crippen MR) is 210 cm³/mol. The molecule has 0 aliphatic rings. The van der Waals surface area contributed by atoms with Crippen LogP contribution in [0.5, 0.6) is 0 Å². The van der Waals surface area contributed by atoms with E-state index < -0.39 is 0 Å². The molecule has 0 saturated carbocycles. The molecule has 0 spiro atoms. The monoisotopic (exact) mass is 624 g/mol. The van der Waals surface area contributed by atoms with Crippen LogP contribution in [0.25, 0.3) is 43.8 Å². The SMILES string of the molecule is CC(C)(C)Cc1ccc2c(-c3cc(-c4cc(C(C)(C)C)cc5cc(C(C)(C)C)ccc45)cc(C(C)(C)C)c3)cc(C(C)(C)C)cc2c1. The Morgan fingerprint density at radius 2 is 0.745 bits per heavy atom. The number of hydrogen-bond donors (Lipinski definition) is 0. The minimum absolute atomic E-state index is 0.00107. The summed E-state index contributed by atoms with van der Waals surface area (Å²) in [5.41, 5.74) is 12.6. The Labute approximate surface area is 287 Å². The van der Waals surface area contributed by atoms with E-state index in [1.54, 1.807) is 0 Å². The average Bonchev–Trinajstić information content (AvgIpc) is 2.92. The zero-order valence-corrected chi connectivity index (χ0v) is 32.2. The van der Waals surface area contributed by atoms with E-state index in [0.717, 1.165) is 6.42 Å². The molecule has 0 aromatic heterocycles. The van der Waals surface area contributed by atoms with Gasteiger partial charge in [0.05, 0.1) is 0 Å². The van der Waals surface area contributed by atoms with Gasteiger partial charge in [-0.2, -0.15) is 0 Å². The van der Waals surface area contributed by atoms with Crippen LogP contribution in [0.1, 0.15) is 132 Å². The highest BCUT2D eigenvalue weighted by molar-refractivity contribution is 6.01. The van der Waals surface area contributed by atoms with Crippen LogP contribution in [-0.4, -0.2) is 0 Å². The van der Waals surface area contributed by atoms with E-state index in [9.17, 15) is 0 Å². The van der Waals surface area contributed by atoms with Crippen molar-refractivity contribution < 1.29 is 0 Å². The lowest BCUT2D eigenvalue weighted by atomic mass is 9.78. The molecule has 0 aliphatic carbocycles. The van der Waals surface area contributed by atoms with E-state index in [2.05, 4.69) is 183 Å². The van der Waals surface area contributed by atoms with Crippen molar-refractivity contribution in [2.24, 2.45) is 5.41 Å². The van der Waals surface area contributed by atoms with Gasteiger partial charge >= 0.3 is 0 Å². The van der Waals surface area contributed by atoms with Crippen LogP contribution in [0, 0.1) is 5.41 Å². The van der Waals surface area contributed by atoms with E-state index in [0.29, 0.717) is 0 Å². The molecule has 0 heteroatoms. The first-order valence-corrected chi connectivity index (χ1v) is 17.7. The second kappa shape index (κ2) is 11.6. The molecule has 0 atom stereocenters. The quantitative estimate of drug-likeness (QED) is 0.187. The van der Waals surface area contributed by atoms with E-state index in [-0.39, 0.29) is 27.1 Å². The van der Waals surface area contributed by atoms with E-state index in [1.165, 1.54) is 71.6 Å². The fourth-order valence-electron chi connectivity index (χ4n) is 6.69. The zero-order chi connectivity index (χ0) is 34.9. The first-order valence-electron chi connectivity index (χ1n) is 17.7. The highest BCUT2D eigenvalue weighted by Gasteiger charge is 2.24. The molecule has 0 fully saturated rings. The fraction of sp³-hybridized carbons (Fsp3) is 0.447. The number of rotatable bonds is 3. The van der Waals surface area contributed by atoms with E-state index >= 15 is 0 Å². The van der Waals surface area contributed by atoms with Gasteiger partial charge in [-0.15, -0.1) is 0 Å². The van der Waals surface area contributed by atoms with Gasteiger partial charge in [0.1, 0.15) is 0 Å². The van der Waals surface area contributed by atoms with Crippen molar-refractivity contribution >= 4 is 21.5 Å². The molecule has 0 bridgehead atoms. The zero-order valence-electron chi connectivity index (χ0n) is 32.2. The summed E-state index contributed by atoms with van der Waals surface area (Å²) in [6.45, 7) is 35.0. The van der Waals surface area contributed by atoms with Crippen LogP contribution in [0.15, 0.2) is 78.9 Å². The Morgan fingerprint density at radius 1 is 0.362 bits per heavy atom. The van der Waals surface area contributed by atoms with Crippen LogP contribution < -0.4 is 0 Å². The molecule has 0 nitrogen and oxygen atoms in total. The lowest BCUT2D eigenvalue weighted by Crippen LogP contribution is -2.13. The highest BCUT2D eigenvalue weighted by atomic mass is 14.3. The Balaban J connectivity index is 1.85. The van der Waals surface area contributed by atoms with Gasteiger partial charge in [0, 0.05) is 0 Å². The Hall–Kier alpha value is -3.38. The molecule has 0 N–H and O–H groups in total. The van der Waals surface area contributed by atoms with Crippen LogP contribution in [0.3, 0.4) is 0 Å². The summed E-state index contributed by atoms with van der Waals surface area (Å²) in [6, 6.07) is 31.5. The number of benzene rings is 5. The van der Waals surface area contributed by atoms with Crippen molar-refractivity contribution in [2.45, 2.75) is 132 Å². The van der Waals surface area contributed by atoms with Gasteiger partial charge in [0.15, 0.2) is 0 Å². The van der Waals surface area contributed by atoms with Crippen molar-refractivity contribution in [3.8, 4) is 22.3 Å². The first-order chi connectivity index (χ1) is 21.4. The largest absolute Gasteiger partial charge is 0.0599 e. The van der Waals surface area contributed by atoms with Crippen molar-refractivity contribution in [3.05, 3.63) is 107 Å². The van der Waals surface area contributed by atoms with E-state index in [4.69, 9.17) is 0 Å². The third-order valence-corrected chi connectivity index (χ3v) is 9.72. The highest BCUT2D eigenvalue weighted by Crippen LogP contribution is 2.42. The summed E-state index contributed by atoms with van der Waals surface area (Å²) in [4.78, 5) is 0. The minimum Gasteiger partial charge on any atom is -0.0599 e. The van der Waals surface area contributed by atoms with Gasteiger partial charge in [-0.25, -0.2) is 0 Å². The molecule has 5 aromatic rings. The van der Waals surface area contributed by atoms with Crippen molar-refractivity contribution in [1.29, 1.82) is 0 Å². The molecule has 0 heterocycles. The number of fused-ring (bicyclic) bond motifs is 2. The minimum atomic E-state index is -0.00107. The van der Waals surface area contributed by atoms with Crippen LogP contribution in [0.2, 0.25) is 0 Å². The summed E-state index contributed by atoms with van der Waals surface area (Å²) in [5, 5.41) is 5.32. The van der Waals surface area contributed by atoms with Gasteiger partial charge in [-0.05, 0) is 123 Å². The summed E-state index contributed by atoms with van der Waals surface area (Å²) < 4.78 is 0. The van der Waals surface area contributed by atoms with Crippen molar-refractivity contribution in [1.82, 2.24) is 0 Å². The van der Waals surface area contributed by atoms with Gasteiger partial charge < -0.3 is 0 Å². The molecular formula is C47H60. The lowest BCUT2D eigenvalue weighted by Gasteiger charge is -2.26. The lowest BCUT2D eigenvalue weighted by molar-refractivity contribution is 0.411. The summed E-state index contributed by atoms with van der Waals surface area (Å²) in [7, 11) is 0. The van der Waals surface area contributed by atoms with Gasteiger partial charge in [-0.3, -0.25) is 0 Å². The molecule has 248 valence electrons. The second-order valence-electron chi connectivity index (χ2n) is 19.6. The molecule has 0 saturated heterocycles. The molecule has 0 amide bonds. The molecule has 5 aromatic carbocycles. The van der Waals surface area contributed by atoms with Gasteiger partial charge in [0.25, 0.3) is 0 Å². The molecule has 5 rings (SSSR count). The third-order valence-electron chi connectivity index (χ3n) is 9.72. The fourth-order valence-corrected chi connectivity index (χ4v) is 6.69. The van der Waals surface area contributed by atoms with E-state index in [1.807, 2.05) is 0 Å². The predicted octanol–water partition coefficient (Wildman–Crippen LogP) is 14.1. The maximum atomic E-state index is 2.47. The molecule has 0 radical (unpaired) electrons. The maximum absolute atomic E-state index is 2.47. The third kappa shape index (κ3) is 7.69. The molecule has 47 heavy (non-hydrogen) atoms. The van der Waals surface area contributed by atoms with Crippen molar-refractivity contribution in [3.63, 3.8) is 0 Å². The average molecular weight is 625 g/mol. The van der Waals surface area contributed by atoms with Gasteiger partial charge in [0.2, 0.25) is 0 Å². The van der Waals surface area contributed by atoms with Crippen LogP contribution in [-0.2, 0) is 28.1 Å². The Bertz CT molecular complexity index is 1940. The Morgan fingerprint density at radius 3 is 1.17 bits per heavy atom. The summed E-state index contributed by atoms with van der Waals surface area (Å²) >= 11 is 0. The smallest absolute Gasteiger partial charge is 0.0102 e. The summed E-state index contributed by atoms with van der Waals surface area (Å²) in [6.07, 6.45) is 1.07. The summed E-state index contributed by atoms with van der Waals surface area (Å²) in [5.74, 6) is 0. The van der Waals surface area contributed by atoms with Crippen molar-refractivity contribution in [2.75, 3.05) is 0 Å². The number of hydrogen-bond acceptors (Lipinski definition) is 0. The van der Waals surface area contributed by atoms with Crippen LogP contribution >= 0.6 is 0 Å². The van der Waals surface area contributed by atoms with Gasteiger partial charge in [-0.1, -0.05) is 165 Å².